The van der Waals surface area contributed by atoms with Crippen LogP contribution in [0.4, 0.5) is 0 Å². The molecular weight excluding hydrogens is 224 g/mol. The number of aromatic nitrogens is 2. The van der Waals surface area contributed by atoms with Gasteiger partial charge in [-0.2, -0.15) is 0 Å². The van der Waals surface area contributed by atoms with E-state index in [1.807, 2.05) is 5.38 Å². The van der Waals surface area contributed by atoms with Crippen LogP contribution in [0.1, 0.15) is 13.8 Å². The highest BCUT2D eigenvalue weighted by atomic mass is 32.1. The van der Waals surface area contributed by atoms with Crippen LogP contribution in [0.5, 0.6) is 0 Å². The molecule has 2 heterocycles. The van der Waals surface area contributed by atoms with Gasteiger partial charge in [-0.3, -0.25) is 13.9 Å². The molecule has 86 valence electrons. The molecule has 0 aliphatic carbocycles. The summed E-state index contributed by atoms with van der Waals surface area (Å²) in [5, 5.41) is 2.48. The lowest BCUT2D eigenvalue weighted by atomic mass is 10.2. The van der Waals surface area contributed by atoms with Crippen molar-refractivity contribution in [2.45, 2.75) is 20.4 Å². The molecule has 0 N–H and O–H groups in total. The molecule has 0 saturated carbocycles. The predicted octanol–water partition coefficient (Wildman–Crippen LogP) is 1.42. The van der Waals surface area contributed by atoms with Gasteiger partial charge in [-0.05, 0) is 17.4 Å². The Morgan fingerprint density at radius 2 is 2.06 bits per heavy atom. The maximum absolute atomic E-state index is 12.0. The lowest BCUT2D eigenvalue weighted by Crippen LogP contribution is -2.38. The third kappa shape index (κ3) is 1.61. The smallest absolute Gasteiger partial charge is 0.284 e. The van der Waals surface area contributed by atoms with E-state index in [1.54, 1.807) is 10.6 Å². The molecule has 0 spiro atoms. The van der Waals surface area contributed by atoms with Crippen LogP contribution < -0.4 is 11.2 Å². The van der Waals surface area contributed by atoms with Gasteiger partial charge in [-0.15, -0.1) is 11.3 Å². The number of fused-ring (bicyclic) bond motifs is 1. The van der Waals surface area contributed by atoms with Gasteiger partial charge in [0.15, 0.2) is 0 Å². The number of hydrogen-bond acceptors (Lipinski definition) is 3. The molecule has 2 rings (SSSR count). The van der Waals surface area contributed by atoms with Crippen molar-refractivity contribution in [3.63, 3.8) is 0 Å². The molecule has 0 bridgehead atoms. The van der Waals surface area contributed by atoms with Gasteiger partial charge in [-0.1, -0.05) is 13.8 Å². The lowest BCUT2D eigenvalue weighted by molar-refractivity contribution is 0.504. The van der Waals surface area contributed by atoms with Gasteiger partial charge in [0.2, 0.25) is 0 Å². The molecule has 2 aromatic heterocycles. The fraction of sp³-hybridized carbons (Fsp3) is 0.455. The first-order valence-electron chi connectivity index (χ1n) is 5.19. The topological polar surface area (TPSA) is 44.0 Å². The second kappa shape index (κ2) is 3.90. The summed E-state index contributed by atoms with van der Waals surface area (Å²) >= 11 is 1.44. The average molecular weight is 238 g/mol. The fourth-order valence-electron chi connectivity index (χ4n) is 1.73. The molecule has 4 nitrogen and oxygen atoms in total. The summed E-state index contributed by atoms with van der Waals surface area (Å²) in [5.41, 5.74) is -0.435. The molecule has 5 heteroatoms. The quantitative estimate of drug-likeness (QED) is 0.794. The van der Waals surface area contributed by atoms with Gasteiger partial charge in [0.05, 0.1) is 5.39 Å². The molecule has 0 aliphatic heterocycles. The molecule has 0 aromatic carbocycles. The maximum Gasteiger partial charge on any atom is 0.331 e. The highest BCUT2D eigenvalue weighted by Gasteiger charge is 2.12. The van der Waals surface area contributed by atoms with E-state index in [1.165, 1.54) is 23.0 Å². The average Bonchev–Trinajstić information content (AvgIpc) is 2.69. The van der Waals surface area contributed by atoms with E-state index in [0.29, 0.717) is 17.8 Å². The molecule has 0 atom stereocenters. The van der Waals surface area contributed by atoms with Crippen LogP contribution in [0.25, 0.3) is 10.2 Å². The molecule has 16 heavy (non-hydrogen) atoms. The Labute approximate surface area is 96.8 Å². The zero-order chi connectivity index (χ0) is 11.9. The summed E-state index contributed by atoms with van der Waals surface area (Å²) < 4.78 is 2.86. The van der Waals surface area contributed by atoms with E-state index >= 15 is 0 Å². The van der Waals surface area contributed by atoms with Crippen LogP contribution >= 0.6 is 11.3 Å². The van der Waals surface area contributed by atoms with Crippen molar-refractivity contribution in [3.05, 3.63) is 32.3 Å². The van der Waals surface area contributed by atoms with E-state index in [2.05, 4.69) is 13.8 Å². The first-order chi connectivity index (χ1) is 7.52. The van der Waals surface area contributed by atoms with Gasteiger partial charge in [-0.25, -0.2) is 4.79 Å². The second-order valence-corrected chi connectivity index (χ2v) is 5.19. The minimum atomic E-state index is -0.228. The summed E-state index contributed by atoms with van der Waals surface area (Å²) in [5.74, 6) is 0.375. The largest absolute Gasteiger partial charge is 0.331 e. The van der Waals surface area contributed by atoms with E-state index in [4.69, 9.17) is 0 Å². The van der Waals surface area contributed by atoms with Gasteiger partial charge in [0.25, 0.3) is 5.56 Å². The molecule has 2 aromatic rings. The summed E-state index contributed by atoms with van der Waals surface area (Å²) in [4.78, 5) is 24.6. The summed E-state index contributed by atoms with van der Waals surface area (Å²) in [6.07, 6.45) is 0. The Kier molecular flexibility index (Phi) is 2.71. The van der Waals surface area contributed by atoms with Crippen LogP contribution in [0.2, 0.25) is 0 Å². The first kappa shape index (κ1) is 11.1. The lowest BCUT2D eigenvalue weighted by Gasteiger charge is -2.11. The number of hydrogen-bond donors (Lipinski definition) is 0. The number of rotatable bonds is 2. The summed E-state index contributed by atoms with van der Waals surface area (Å²) in [7, 11) is 1.53. The van der Waals surface area contributed by atoms with Crippen LogP contribution in [-0.2, 0) is 13.6 Å². The normalized spacial score (nSPS) is 11.5. The summed E-state index contributed by atoms with van der Waals surface area (Å²) in [6, 6.07) is 1.78. The van der Waals surface area contributed by atoms with Crippen molar-refractivity contribution in [2.24, 2.45) is 13.0 Å². The van der Waals surface area contributed by atoms with Gasteiger partial charge in [0.1, 0.15) is 4.83 Å². The van der Waals surface area contributed by atoms with Crippen molar-refractivity contribution in [1.29, 1.82) is 0 Å². The third-order valence-electron chi connectivity index (χ3n) is 2.49. The molecule has 0 radical (unpaired) electrons. The number of nitrogens with zero attached hydrogens (tertiary/aromatic N) is 2. The van der Waals surface area contributed by atoms with Crippen molar-refractivity contribution >= 4 is 21.6 Å². The van der Waals surface area contributed by atoms with Gasteiger partial charge >= 0.3 is 5.69 Å². The highest BCUT2D eigenvalue weighted by Crippen LogP contribution is 2.16. The first-order valence-corrected chi connectivity index (χ1v) is 6.07. The zero-order valence-electron chi connectivity index (χ0n) is 9.56. The van der Waals surface area contributed by atoms with Crippen molar-refractivity contribution in [1.82, 2.24) is 9.13 Å². The fourth-order valence-corrected chi connectivity index (χ4v) is 2.63. The maximum atomic E-state index is 12.0. The van der Waals surface area contributed by atoms with Crippen molar-refractivity contribution in [2.75, 3.05) is 0 Å². The number of thiophene rings is 1. The second-order valence-electron chi connectivity index (χ2n) is 4.29. The molecule has 0 fully saturated rings. The Balaban J connectivity index is 2.86. The molecule has 0 aliphatic rings. The third-order valence-corrected chi connectivity index (χ3v) is 3.43. The van der Waals surface area contributed by atoms with Crippen molar-refractivity contribution in [3.8, 4) is 0 Å². The molecule has 0 amide bonds. The Bertz CT molecular complexity index is 633. The Morgan fingerprint density at radius 3 is 2.69 bits per heavy atom. The van der Waals surface area contributed by atoms with E-state index in [9.17, 15) is 9.59 Å². The van der Waals surface area contributed by atoms with Gasteiger partial charge in [0, 0.05) is 13.6 Å². The summed E-state index contributed by atoms with van der Waals surface area (Å²) in [6.45, 7) is 4.75. The molecule has 0 saturated heterocycles. The highest BCUT2D eigenvalue weighted by molar-refractivity contribution is 7.16. The molecule has 0 unspecified atom stereocenters. The van der Waals surface area contributed by atoms with Crippen molar-refractivity contribution < 1.29 is 0 Å². The predicted molar refractivity (Wildman–Crippen MR) is 66.2 cm³/mol. The van der Waals surface area contributed by atoms with Gasteiger partial charge < -0.3 is 0 Å². The minimum Gasteiger partial charge on any atom is -0.284 e. The van der Waals surface area contributed by atoms with E-state index < -0.39 is 0 Å². The Morgan fingerprint density at radius 1 is 1.38 bits per heavy atom. The van der Waals surface area contributed by atoms with E-state index in [-0.39, 0.29) is 11.2 Å². The monoisotopic (exact) mass is 238 g/mol. The van der Waals surface area contributed by atoms with E-state index in [0.717, 1.165) is 4.83 Å². The van der Waals surface area contributed by atoms with Crippen LogP contribution in [0, 0.1) is 5.92 Å². The van der Waals surface area contributed by atoms with Crippen LogP contribution in [0.3, 0.4) is 0 Å². The zero-order valence-corrected chi connectivity index (χ0v) is 10.4. The SMILES string of the molecule is CC(C)Cn1c(=O)n(C)c(=O)c2ccsc21. The standard InChI is InChI=1S/C11H14N2O2S/c1-7(2)6-13-10-8(4-5-16-10)9(14)12(3)11(13)15/h4-5,7H,6H2,1-3H3. The Hall–Kier alpha value is -1.36. The minimum absolute atomic E-state index is 0.207. The van der Waals surface area contributed by atoms with Crippen LogP contribution in [0.15, 0.2) is 21.0 Å². The molecular formula is C11H14N2O2S. The van der Waals surface area contributed by atoms with Crippen LogP contribution in [-0.4, -0.2) is 9.13 Å².